The van der Waals surface area contributed by atoms with Gasteiger partial charge in [-0.25, -0.2) is 8.42 Å². The summed E-state index contributed by atoms with van der Waals surface area (Å²) in [7, 11) is -3.53. The Kier molecular flexibility index (Phi) is 7.29. The Balaban J connectivity index is 1.45. The molecule has 0 aliphatic carbocycles. The summed E-state index contributed by atoms with van der Waals surface area (Å²) in [5.74, 6) is 0.306. The molecule has 2 aromatic carbocycles. The smallest absolute Gasteiger partial charge is 0.252 e. The molecule has 0 atom stereocenters. The van der Waals surface area contributed by atoms with Gasteiger partial charge in [-0.05, 0) is 46.9 Å². The average Bonchev–Trinajstić information content (AvgIpc) is 3.35. The standard InChI is InChI=1S/C25H28N2O4S2/c1-18(2)20-8-6-19(7-9-20)17-26-25(28)22-5-3-4-21(16-22)23-10-11-24(32-23)33(29,30)27-12-14-31-15-13-27/h3-11,16,18H,12-15,17H2,1-2H3,(H,26,28). The third-order valence-electron chi connectivity index (χ3n) is 5.65. The highest BCUT2D eigenvalue weighted by Crippen LogP contribution is 2.33. The number of benzene rings is 2. The summed E-state index contributed by atoms with van der Waals surface area (Å²) in [6.07, 6.45) is 0. The van der Waals surface area contributed by atoms with Gasteiger partial charge in [-0.1, -0.05) is 50.2 Å². The van der Waals surface area contributed by atoms with Crippen molar-refractivity contribution in [2.24, 2.45) is 0 Å². The van der Waals surface area contributed by atoms with Crippen molar-refractivity contribution in [2.75, 3.05) is 26.3 Å². The van der Waals surface area contributed by atoms with Crippen LogP contribution in [0.1, 0.15) is 41.3 Å². The van der Waals surface area contributed by atoms with E-state index in [1.54, 1.807) is 24.3 Å². The van der Waals surface area contributed by atoms with Gasteiger partial charge in [-0.2, -0.15) is 4.31 Å². The van der Waals surface area contributed by atoms with E-state index in [0.717, 1.165) is 16.0 Å². The van der Waals surface area contributed by atoms with Crippen LogP contribution >= 0.6 is 11.3 Å². The van der Waals surface area contributed by atoms with Crippen molar-refractivity contribution < 1.29 is 17.9 Å². The normalized spacial score (nSPS) is 15.0. The zero-order valence-electron chi connectivity index (χ0n) is 18.8. The van der Waals surface area contributed by atoms with Crippen molar-refractivity contribution >= 4 is 27.3 Å². The number of amides is 1. The van der Waals surface area contributed by atoms with Crippen molar-refractivity contribution in [3.05, 3.63) is 77.4 Å². The first-order valence-corrected chi connectivity index (χ1v) is 13.3. The summed E-state index contributed by atoms with van der Waals surface area (Å²) in [5, 5.41) is 2.97. The van der Waals surface area contributed by atoms with Crippen molar-refractivity contribution in [3.63, 3.8) is 0 Å². The molecule has 1 aliphatic rings. The molecule has 8 heteroatoms. The van der Waals surface area contributed by atoms with E-state index in [1.165, 1.54) is 21.2 Å². The van der Waals surface area contributed by atoms with Crippen LogP contribution in [0.4, 0.5) is 0 Å². The summed E-state index contributed by atoms with van der Waals surface area (Å²) in [5.41, 5.74) is 3.67. The minimum Gasteiger partial charge on any atom is -0.379 e. The van der Waals surface area contributed by atoms with Crippen molar-refractivity contribution in [1.29, 1.82) is 0 Å². The molecule has 6 nitrogen and oxygen atoms in total. The summed E-state index contributed by atoms with van der Waals surface area (Å²) >= 11 is 1.22. The minimum absolute atomic E-state index is 0.164. The number of sulfonamides is 1. The molecule has 33 heavy (non-hydrogen) atoms. The molecule has 0 radical (unpaired) electrons. The van der Waals surface area contributed by atoms with Crippen LogP contribution < -0.4 is 5.32 Å². The van der Waals surface area contributed by atoms with Crippen LogP contribution in [-0.4, -0.2) is 44.9 Å². The number of ether oxygens (including phenoxy) is 1. The maximum atomic E-state index is 12.9. The summed E-state index contributed by atoms with van der Waals surface area (Å²) in [6, 6.07) is 19.0. The maximum absolute atomic E-state index is 12.9. The third-order valence-corrected chi connectivity index (χ3v) is 9.15. The van der Waals surface area contributed by atoms with Crippen LogP contribution in [-0.2, 0) is 21.3 Å². The first-order chi connectivity index (χ1) is 15.8. The lowest BCUT2D eigenvalue weighted by atomic mass is 10.0. The quantitative estimate of drug-likeness (QED) is 0.536. The second kappa shape index (κ2) is 10.2. The third kappa shape index (κ3) is 5.52. The monoisotopic (exact) mass is 484 g/mol. The van der Waals surface area contributed by atoms with E-state index in [-0.39, 0.29) is 5.91 Å². The Morgan fingerprint density at radius 3 is 2.48 bits per heavy atom. The number of thiophene rings is 1. The first-order valence-electron chi connectivity index (χ1n) is 11.0. The molecule has 0 spiro atoms. The molecule has 3 aromatic rings. The molecule has 1 saturated heterocycles. The highest BCUT2D eigenvalue weighted by atomic mass is 32.2. The second-order valence-electron chi connectivity index (χ2n) is 8.29. The van der Waals surface area contributed by atoms with Crippen molar-refractivity contribution in [1.82, 2.24) is 9.62 Å². The van der Waals surface area contributed by atoms with Crippen molar-refractivity contribution in [2.45, 2.75) is 30.5 Å². The number of hydrogen-bond donors (Lipinski definition) is 1. The molecule has 1 amide bonds. The van der Waals surface area contributed by atoms with E-state index >= 15 is 0 Å². The van der Waals surface area contributed by atoms with Gasteiger partial charge < -0.3 is 10.1 Å². The highest BCUT2D eigenvalue weighted by molar-refractivity contribution is 7.91. The number of nitrogens with zero attached hydrogens (tertiary/aromatic N) is 1. The SMILES string of the molecule is CC(C)c1ccc(CNC(=O)c2cccc(-c3ccc(S(=O)(=O)N4CCOCC4)s3)c2)cc1. The van der Waals surface area contributed by atoms with Gasteiger partial charge in [0.2, 0.25) is 0 Å². The second-order valence-corrected chi connectivity index (χ2v) is 11.5. The van der Waals surface area contributed by atoms with E-state index in [4.69, 9.17) is 4.74 Å². The Morgan fingerprint density at radius 2 is 1.79 bits per heavy atom. The number of carbonyl (C=O) groups excluding carboxylic acids is 1. The van der Waals surface area contributed by atoms with E-state index in [0.29, 0.717) is 48.5 Å². The number of hydrogen-bond acceptors (Lipinski definition) is 5. The lowest BCUT2D eigenvalue weighted by Gasteiger charge is -2.25. The predicted octanol–water partition coefficient (Wildman–Crippen LogP) is 4.49. The van der Waals surface area contributed by atoms with Gasteiger partial charge in [0.15, 0.2) is 0 Å². The molecule has 1 aliphatic heterocycles. The molecule has 174 valence electrons. The van der Waals surface area contributed by atoms with Crippen LogP contribution in [0.5, 0.6) is 0 Å². The van der Waals surface area contributed by atoms with Crippen LogP contribution in [0.15, 0.2) is 64.9 Å². The molecule has 0 bridgehead atoms. The van der Waals surface area contributed by atoms with Crippen LogP contribution in [0, 0.1) is 0 Å². The Bertz CT molecular complexity index is 1210. The molecule has 1 fully saturated rings. The zero-order valence-corrected chi connectivity index (χ0v) is 20.4. The van der Waals surface area contributed by atoms with Gasteiger partial charge in [-0.15, -0.1) is 11.3 Å². The van der Waals surface area contributed by atoms with E-state index in [9.17, 15) is 13.2 Å². The lowest BCUT2D eigenvalue weighted by molar-refractivity contribution is 0.0731. The lowest BCUT2D eigenvalue weighted by Crippen LogP contribution is -2.40. The molecule has 4 rings (SSSR count). The number of morpholine rings is 1. The first kappa shape index (κ1) is 23.6. The van der Waals surface area contributed by atoms with Crippen LogP contribution in [0.3, 0.4) is 0 Å². The highest BCUT2D eigenvalue weighted by Gasteiger charge is 2.28. The Morgan fingerprint density at radius 1 is 1.06 bits per heavy atom. The van der Waals surface area contributed by atoms with Gasteiger partial charge in [-0.3, -0.25) is 4.79 Å². The Hall–Kier alpha value is -2.52. The molecular formula is C25H28N2O4S2. The fourth-order valence-electron chi connectivity index (χ4n) is 3.65. The molecule has 1 aromatic heterocycles. The molecule has 0 saturated carbocycles. The summed E-state index contributed by atoms with van der Waals surface area (Å²) in [6.45, 7) is 6.31. The minimum atomic E-state index is -3.53. The number of nitrogens with one attached hydrogen (secondary N) is 1. The summed E-state index contributed by atoms with van der Waals surface area (Å²) < 4.78 is 32.8. The number of carbonyl (C=O) groups is 1. The predicted molar refractivity (Wildman–Crippen MR) is 131 cm³/mol. The molecular weight excluding hydrogens is 456 g/mol. The van der Waals surface area contributed by atoms with E-state index in [2.05, 4.69) is 31.3 Å². The van der Waals surface area contributed by atoms with Gasteiger partial charge >= 0.3 is 0 Å². The Labute approximate surface area is 199 Å². The van der Waals surface area contributed by atoms with Crippen LogP contribution in [0.25, 0.3) is 10.4 Å². The van der Waals surface area contributed by atoms with Crippen LogP contribution in [0.2, 0.25) is 0 Å². The van der Waals surface area contributed by atoms with E-state index in [1.807, 2.05) is 24.3 Å². The maximum Gasteiger partial charge on any atom is 0.252 e. The molecule has 0 unspecified atom stereocenters. The fourth-order valence-corrected chi connectivity index (χ4v) is 6.51. The summed E-state index contributed by atoms with van der Waals surface area (Å²) in [4.78, 5) is 13.5. The topological polar surface area (TPSA) is 75.7 Å². The largest absolute Gasteiger partial charge is 0.379 e. The molecule has 2 heterocycles. The van der Waals surface area contributed by atoms with Crippen molar-refractivity contribution in [3.8, 4) is 10.4 Å². The zero-order chi connectivity index (χ0) is 23.4. The fraction of sp³-hybridized carbons (Fsp3) is 0.320. The van der Waals surface area contributed by atoms with Gasteiger partial charge in [0.05, 0.1) is 13.2 Å². The molecule has 1 N–H and O–H groups in total. The van der Waals surface area contributed by atoms with Gasteiger partial charge in [0, 0.05) is 30.1 Å². The average molecular weight is 485 g/mol. The van der Waals surface area contributed by atoms with Gasteiger partial charge in [0.25, 0.3) is 15.9 Å². The van der Waals surface area contributed by atoms with E-state index < -0.39 is 10.0 Å². The van der Waals surface area contributed by atoms with Gasteiger partial charge in [0.1, 0.15) is 4.21 Å². The number of rotatable bonds is 7.